The van der Waals surface area contributed by atoms with Gasteiger partial charge in [0.1, 0.15) is 11.5 Å². The summed E-state index contributed by atoms with van der Waals surface area (Å²) in [6.45, 7) is 6.16. The van der Waals surface area contributed by atoms with E-state index in [2.05, 4.69) is 6.92 Å². The van der Waals surface area contributed by atoms with Gasteiger partial charge in [0.2, 0.25) is 5.91 Å². The number of para-hydroxylation sites is 1. The van der Waals surface area contributed by atoms with E-state index in [9.17, 15) is 9.59 Å². The molecule has 0 radical (unpaired) electrons. The van der Waals surface area contributed by atoms with Gasteiger partial charge in [-0.2, -0.15) is 0 Å². The fourth-order valence-electron chi connectivity index (χ4n) is 4.36. The third-order valence-electron chi connectivity index (χ3n) is 5.39. The molecule has 1 aromatic carbocycles. The van der Waals surface area contributed by atoms with Gasteiger partial charge in [0.05, 0.1) is 24.7 Å². The number of esters is 1. The fourth-order valence-corrected chi connectivity index (χ4v) is 4.36. The van der Waals surface area contributed by atoms with E-state index in [4.69, 9.17) is 9.47 Å². The van der Waals surface area contributed by atoms with Gasteiger partial charge in [-0.25, -0.2) is 0 Å². The van der Waals surface area contributed by atoms with Crippen LogP contribution < -0.4 is 4.90 Å². The van der Waals surface area contributed by atoms with Crippen molar-refractivity contribution in [2.75, 3.05) is 11.4 Å². The Balaban J connectivity index is 1.69. The van der Waals surface area contributed by atoms with Crippen LogP contribution in [0, 0.1) is 11.8 Å². The number of anilines is 1. The second kappa shape index (κ2) is 5.70. The molecule has 5 nitrogen and oxygen atoms in total. The normalized spacial score (nSPS) is 32.6. The van der Waals surface area contributed by atoms with E-state index >= 15 is 0 Å². The molecule has 0 unspecified atom stereocenters. The maximum atomic E-state index is 13.2. The first kappa shape index (κ1) is 16.3. The van der Waals surface area contributed by atoms with Crippen LogP contribution in [0.1, 0.15) is 26.3 Å². The molecule has 1 aromatic rings. The van der Waals surface area contributed by atoms with Crippen LogP contribution in [0.25, 0.3) is 0 Å². The standard InChI is InChI=1S/C20H23NO4/c1-4-13-7-5-6-8-14(13)21-11-20-10-9-15(25-20)16(17(20)18(21)22)19(23)24-12(2)3/h5-10,12,15-17H,4,11H2,1-3H3/t15-,16-,17-,20+/m0/s1. The summed E-state index contributed by atoms with van der Waals surface area (Å²) in [4.78, 5) is 27.6. The van der Waals surface area contributed by atoms with Crippen molar-refractivity contribution >= 4 is 17.6 Å². The highest BCUT2D eigenvalue weighted by molar-refractivity contribution is 6.03. The summed E-state index contributed by atoms with van der Waals surface area (Å²) < 4.78 is 11.5. The molecule has 2 fully saturated rings. The fraction of sp³-hybridized carbons (Fsp3) is 0.500. The second-order valence-corrected chi connectivity index (χ2v) is 7.29. The molecule has 132 valence electrons. The van der Waals surface area contributed by atoms with Gasteiger partial charge in [-0.3, -0.25) is 9.59 Å². The molecule has 0 saturated carbocycles. The van der Waals surface area contributed by atoms with Crippen molar-refractivity contribution in [3.05, 3.63) is 42.0 Å². The minimum atomic E-state index is -0.705. The Labute approximate surface area is 147 Å². The molecule has 1 spiro atoms. The lowest BCUT2D eigenvalue weighted by Crippen LogP contribution is -2.40. The van der Waals surface area contributed by atoms with E-state index in [0.717, 1.165) is 17.7 Å². The Hall–Kier alpha value is -2.14. The molecule has 2 bridgehead atoms. The number of benzene rings is 1. The van der Waals surface area contributed by atoms with Crippen LogP contribution in [0.3, 0.4) is 0 Å². The van der Waals surface area contributed by atoms with Crippen molar-refractivity contribution in [2.45, 2.75) is 45.0 Å². The quantitative estimate of drug-likeness (QED) is 0.624. The largest absolute Gasteiger partial charge is 0.463 e. The highest BCUT2D eigenvalue weighted by atomic mass is 16.6. The maximum Gasteiger partial charge on any atom is 0.313 e. The molecule has 25 heavy (non-hydrogen) atoms. The monoisotopic (exact) mass is 341 g/mol. The molecule has 2 saturated heterocycles. The summed E-state index contributed by atoms with van der Waals surface area (Å²) in [5.41, 5.74) is 1.32. The third kappa shape index (κ3) is 2.33. The molecule has 3 aliphatic heterocycles. The molecule has 0 aliphatic carbocycles. The van der Waals surface area contributed by atoms with Crippen LogP contribution in [0.2, 0.25) is 0 Å². The lowest BCUT2D eigenvalue weighted by molar-refractivity contribution is -0.156. The van der Waals surface area contributed by atoms with Gasteiger partial charge in [-0.05, 0) is 31.9 Å². The van der Waals surface area contributed by atoms with Crippen LogP contribution in [0.15, 0.2) is 36.4 Å². The number of aryl methyl sites for hydroxylation is 1. The van der Waals surface area contributed by atoms with Crippen LogP contribution >= 0.6 is 0 Å². The minimum absolute atomic E-state index is 0.0431. The van der Waals surface area contributed by atoms with Gasteiger partial charge in [-0.1, -0.05) is 37.3 Å². The number of hydrogen-bond acceptors (Lipinski definition) is 4. The van der Waals surface area contributed by atoms with Gasteiger partial charge in [0, 0.05) is 5.69 Å². The third-order valence-corrected chi connectivity index (χ3v) is 5.39. The van der Waals surface area contributed by atoms with E-state index < -0.39 is 17.4 Å². The Bertz CT molecular complexity index is 756. The molecule has 3 aliphatic rings. The Morgan fingerprint density at radius 1 is 1.40 bits per heavy atom. The SMILES string of the molecule is CCc1ccccc1N1C[C@@]23C=C[C@H](O2)[C@H](C(=O)OC(C)C)[C@H]3C1=O. The van der Waals surface area contributed by atoms with E-state index in [-0.39, 0.29) is 24.1 Å². The first-order valence-corrected chi connectivity index (χ1v) is 8.94. The summed E-state index contributed by atoms with van der Waals surface area (Å²) in [5, 5.41) is 0. The topological polar surface area (TPSA) is 55.8 Å². The van der Waals surface area contributed by atoms with Crippen molar-refractivity contribution in [2.24, 2.45) is 11.8 Å². The average Bonchev–Trinajstić information content (AvgIpc) is 3.22. The van der Waals surface area contributed by atoms with Gasteiger partial charge in [0.15, 0.2) is 0 Å². The number of hydrogen-bond donors (Lipinski definition) is 0. The zero-order valence-electron chi connectivity index (χ0n) is 14.8. The Kier molecular flexibility index (Phi) is 3.72. The number of nitrogens with zero attached hydrogens (tertiary/aromatic N) is 1. The molecular formula is C20H23NO4. The number of fused-ring (bicyclic) bond motifs is 1. The smallest absolute Gasteiger partial charge is 0.313 e. The average molecular weight is 341 g/mol. The van der Waals surface area contributed by atoms with E-state index in [1.807, 2.05) is 50.3 Å². The van der Waals surface area contributed by atoms with Crippen molar-refractivity contribution in [1.29, 1.82) is 0 Å². The highest BCUT2D eigenvalue weighted by Gasteiger charge is 2.67. The van der Waals surface area contributed by atoms with Gasteiger partial charge in [-0.15, -0.1) is 0 Å². The predicted octanol–water partition coefficient (Wildman–Crippen LogP) is 2.49. The highest BCUT2D eigenvalue weighted by Crippen LogP contribution is 2.53. The number of ether oxygens (including phenoxy) is 2. The molecule has 1 amide bonds. The summed E-state index contributed by atoms with van der Waals surface area (Å²) >= 11 is 0. The van der Waals surface area contributed by atoms with Crippen molar-refractivity contribution in [1.82, 2.24) is 0 Å². The lowest BCUT2D eigenvalue weighted by atomic mass is 9.77. The van der Waals surface area contributed by atoms with E-state index in [1.54, 1.807) is 4.90 Å². The summed E-state index contributed by atoms with van der Waals surface area (Å²) in [6.07, 6.45) is 4.15. The van der Waals surface area contributed by atoms with Crippen molar-refractivity contribution in [3.63, 3.8) is 0 Å². The molecule has 4 atom stereocenters. The number of carbonyl (C=O) groups is 2. The summed E-state index contributed by atoms with van der Waals surface area (Å²) in [7, 11) is 0. The zero-order valence-corrected chi connectivity index (χ0v) is 14.8. The Morgan fingerprint density at radius 3 is 2.88 bits per heavy atom. The van der Waals surface area contributed by atoms with Crippen LogP contribution in [0.4, 0.5) is 5.69 Å². The lowest BCUT2D eigenvalue weighted by Gasteiger charge is -2.24. The number of amides is 1. The first-order valence-electron chi connectivity index (χ1n) is 8.94. The minimum Gasteiger partial charge on any atom is -0.463 e. The number of rotatable bonds is 4. The predicted molar refractivity (Wildman–Crippen MR) is 93.1 cm³/mol. The summed E-state index contributed by atoms with van der Waals surface area (Å²) in [5.74, 6) is -1.44. The molecule has 3 heterocycles. The molecule has 0 N–H and O–H groups in total. The van der Waals surface area contributed by atoms with Gasteiger partial charge in [0.25, 0.3) is 0 Å². The van der Waals surface area contributed by atoms with E-state index in [0.29, 0.717) is 6.54 Å². The Morgan fingerprint density at radius 2 is 2.16 bits per heavy atom. The van der Waals surface area contributed by atoms with Crippen LogP contribution in [-0.2, 0) is 25.5 Å². The van der Waals surface area contributed by atoms with Gasteiger partial charge >= 0.3 is 5.97 Å². The summed E-state index contributed by atoms with van der Waals surface area (Å²) in [6, 6.07) is 7.91. The number of carbonyl (C=O) groups excluding carboxylic acids is 2. The van der Waals surface area contributed by atoms with Crippen molar-refractivity contribution in [3.8, 4) is 0 Å². The maximum absolute atomic E-state index is 13.2. The molecule has 0 aromatic heterocycles. The zero-order chi connectivity index (χ0) is 17.8. The molecule has 5 heteroatoms. The van der Waals surface area contributed by atoms with Crippen molar-refractivity contribution < 1.29 is 19.1 Å². The molecular weight excluding hydrogens is 318 g/mol. The molecule has 4 rings (SSSR count). The van der Waals surface area contributed by atoms with Crippen LogP contribution in [-0.4, -0.2) is 36.2 Å². The first-order chi connectivity index (χ1) is 12.0. The second-order valence-electron chi connectivity index (χ2n) is 7.29. The van der Waals surface area contributed by atoms with Crippen LogP contribution in [0.5, 0.6) is 0 Å². The van der Waals surface area contributed by atoms with Gasteiger partial charge < -0.3 is 14.4 Å². The van der Waals surface area contributed by atoms with E-state index in [1.165, 1.54) is 0 Å².